The Bertz CT molecular complexity index is 1330. The van der Waals surface area contributed by atoms with Crippen molar-refractivity contribution < 1.29 is 14.3 Å². The second kappa shape index (κ2) is 7.16. The molecule has 1 atom stereocenters. The van der Waals surface area contributed by atoms with Crippen LogP contribution in [0.5, 0.6) is 11.5 Å². The summed E-state index contributed by atoms with van der Waals surface area (Å²) in [6, 6.07) is 11.1. The topological polar surface area (TPSA) is 95.5 Å². The second-order valence-electron chi connectivity index (χ2n) is 7.63. The second-order valence-corrected chi connectivity index (χ2v) is 7.63. The molecule has 0 saturated heterocycles. The summed E-state index contributed by atoms with van der Waals surface area (Å²) >= 11 is 0. The maximum absolute atomic E-state index is 13.4. The molecule has 2 aromatic carbocycles. The van der Waals surface area contributed by atoms with E-state index in [0.717, 1.165) is 38.9 Å². The van der Waals surface area contributed by atoms with E-state index in [0.29, 0.717) is 24.6 Å². The number of amides is 1. The number of fused-ring (bicyclic) bond motifs is 4. The zero-order chi connectivity index (χ0) is 21.7. The number of anilines is 1. The van der Waals surface area contributed by atoms with Crippen LogP contribution < -0.4 is 15.2 Å². The number of aromatic nitrogens is 3. The van der Waals surface area contributed by atoms with Crippen molar-refractivity contribution in [1.29, 1.82) is 0 Å². The SMILES string of the molecule is CCOc1ccc2c(c1)OC[C@H]2N(C)C(=O)c1ccc2nc(N)c3cnn(C)c3c2c1. The van der Waals surface area contributed by atoms with Crippen LogP contribution in [0.2, 0.25) is 0 Å². The molecule has 1 aliphatic heterocycles. The van der Waals surface area contributed by atoms with Crippen LogP contribution in [-0.4, -0.2) is 45.8 Å². The van der Waals surface area contributed by atoms with E-state index in [2.05, 4.69) is 10.1 Å². The summed E-state index contributed by atoms with van der Waals surface area (Å²) in [6.07, 6.45) is 1.70. The Labute approximate surface area is 179 Å². The van der Waals surface area contributed by atoms with Gasteiger partial charge in [0.2, 0.25) is 0 Å². The molecule has 4 aromatic rings. The fraction of sp³-hybridized carbons (Fsp3) is 0.261. The van der Waals surface area contributed by atoms with E-state index in [9.17, 15) is 4.79 Å². The average Bonchev–Trinajstić information content (AvgIpc) is 3.37. The summed E-state index contributed by atoms with van der Waals surface area (Å²) in [5.74, 6) is 1.85. The molecule has 8 heteroatoms. The molecule has 0 radical (unpaired) electrons. The molecule has 3 heterocycles. The summed E-state index contributed by atoms with van der Waals surface area (Å²) in [4.78, 5) is 19.5. The number of carbonyl (C=O) groups excluding carboxylic acids is 1. The first kappa shape index (κ1) is 19.2. The van der Waals surface area contributed by atoms with Gasteiger partial charge < -0.3 is 20.1 Å². The van der Waals surface area contributed by atoms with Crippen LogP contribution in [0.4, 0.5) is 5.82 Å². The smallest absolute Gasteiger partial charge is 0.254 e. The van der Waals surface area contributed by atoms with E-state index in [-0.39, 0.29) is 11.9 Å². The molecule has 1 amide bonds. The van der Waals surface area contributed by atoms with Gasteiger partial charge in [-0.15, -0.1) is 0 Å². The minimum Gasteiger partial charge on any atom is -0.494 e. The van der Waals surface area contributed by atoms with E-state index in [1.165, 1.54) is 0 Å². The van der Waals surface area contributed by atoms with Crippen molar-refractivity contribution in [3.8, 4) is 11.5 Å². The van der Waals surface area contributed by atoms with Gasteiger partial charge in [0.05, 0.1) is 35.3 Å². The zero-order valence-corrected chi connectivity index (χ0v) is 17.6. The molecule has 1 aliphatic rings. The molecule has 158 valence electrons. The lowest BCUT2D eigenvalue weighted by molar-refractivity contribution is 0.0708. The van der Waals surface area contributed by atoms with Gasteiger partial charge in [-0.25, -0.2) is 4.98 Å². The number of aryl methyl sites for hydroxylation is 1. The standard InChI is InChI=1S/C23H23N5O3/c1-4-30-14-6-7-15-19(12-31-20(15)10-14)27(2)23(29)13-5-8-18-16(9-13)21-17(22(24)26-18)11-25-28(21)3/h5-11,19H,4,12H2,1-3H3,(H2,24,26)/t19-/m1/s1. The zero-order valence-electron chi connectivity index (χ0n) is 17.6. The maximum atomic E-state index is 13.4. The Morgan fingerprint density at radius 2 is 2.13 bits per heavy atom. The Morgan fingerprint density at radius 1 is 1.29 bits per heavy atom. The summed E-state index contributed by atoms with van der Waals surface area (Å²) in [5.41, 5.74) is 9.21. The molecule has 0 bridgehead atoms. The summed E-state index contributed by atoms with van der Waals surface area (Å²) in [5, 5.41) is 5.91. The number of pyridine rings is 1. The molecule has 0 fully saturated rings. The minimum atomic E-state index is -0.171. The van der Waals surface area contributed by atoms with Crippen molar-refractivity contribution in [1.82, 2.24) is 19.7 Å². The lowest BCUT2D eigenvalue weighted by atomic mass is 10.0. The monoisotopic (exact) mass is 417 g/mol. The maximum Gasteiger partial charge on any atom is 0.254 e. The van der Waals surface area contributed by atoms with E-state index < -0.39 is 0 Å². The van der Waals surface area contributed by atoms with Gasteiger partial charge in [0, 0.05) is 36.7 Å². The third-order valence-electron chi connectivity index (χ3n) is 5.79. The molecular formula is C23H23N5O3. The Hall–Kier alpha value is -3.81. The molecule has 0 unspecified atom stereocenters. The molecule has 5 rings (SSSR count). The number of nitrogens with zero attached hydrogens (tertiary/aromatic N) is 4. The molecule has 31 heavy (non-hydrogen) atoms. The number of likely N-dealkylation sites (N-methyl/N-ethyl adjacent to an activating group) is 1. The van der Waals surface area contributed by atoms with E-state index in [1.54, 1.807) is 28.9 Å². The van der Waals surface area contributed by atoms with Gasteiger partial charge in [-0.1, -0.05) is 0 Å². The van der Waals surface area contributed by atoms with Crippen LogP contribution in [0.1, 0.15) is 28.9 Å². The van der Waals surface area contributed by atoms with Crippen molar-refractivity contribution in [2.75, 3.05) is 26.0 Å². The van der Waals surface area contributed by atoms with Crippen molar-refractivity contribution in [2.45, 2.75) is 13.0 Å². The highest BCUT2D eigenvalue weighted by Crippen LogP contribution is 2.38. The first-order chi connectivity index (χ1) is 15.0. The largest absolute Gasteiger partial charge is 0.494 e. The lowest BCUT2D eigenvalue weighted by Gasteiger charge is -2.24. The number of carbonyl (C=O) groups is 1. The van der Waals surface area contributed by atoms with Gasteiger partial charge in [-0.2, -0.15) is 5.10 Å². The predicted molar refractivity (Wildman–Crippen MR) is 118 cm³/mol. The molecule has 0 spiro atoms. The highest BCUT2D eigenvalue weighted by Gasteiger charge is 2.31. The molecule has 2 N–H and O–H groups in total. The minimum absolute atomic E-state index is 0.0932. The highest BCUT2D eigenvalue weighted by molar-refractivity contribution is 6.10. The van der Waals surface area contributed by atoms with Crippen LogP contribution in [0.25, 0.3) is 21.8 Å². The van der Waals surface area contributed by atoms with Crippen LogP contribution in [0, 0.1) is 0 Å². The third-order valence-corrected chi connectivity index (χ3v) is 5.79. The molecule has 2 aromatic heterocycles. The van der Waals surface area contributed by atoms with Crippen molar-refractivity contribution in [3.63, 3.8) is 0 Å². The average molecular weight is 417 g/mol. The van der Waals surface area contributed by atoms with Gasteiger partial charge in [0.15, 0.2) is 0 Å². The molecule has 0 saturated carbocycles. The van der Waals surface area contributed by atoms with Gasteiger partial charge in [0.1, 0.15) is 23.9 Å². The predicted octanol–water partition coefficient (Wildman–Crippen LogP) is 3.31. The normalized spacial score (nSPS) is 15.1. The Morgan fingerprint density at radius 3 is 2.94 bits per heavy atom. The Kier molecular flexibility index (Phi) is 4.43. The van der Waals surface area contributed by atoms with Crippen LogP contribution in [0.3, 0.4) is 0 Å². The fourth-order valence-corrected chi connectivity index (χ4v) is 4.19. The van der Waals surface area contributed by atoms with Gasteiger partial charge >= 0.3 is 0 Å². The van der Waals surface area contributed by atoms with Gasteiger partial charge in [0.25, 0.3) is 5.91 Å². The molecular weight excluding hydrogens is 394 g/mol. The Balaban J connectivity index is 1.50. The first-order valence-corrected chi connectivity index (χ1v) is 10.2. The fourth-order valence-electron chi connectivity index (χ4n) is 4.19. The van der Waals surface area contributed by atoms with E-state index in [1.807, 2.05) is 44.3 Å². The van der Waals surface area contributed by atoms with Crippen molar-refractivity contribution in [3.05, 3.63) is 53.7 Å². The highest BCUT2D eigenvalue weighted by atomic mass is 16.5. The number of hydrogen-bond donors (Lipinski definition) is 1. The number of rotatable bonds is 4. The van der Waals surface area contributed by atoms with Crippen LogP contribution >= 0.6 is 0 Å². The first-order valence-electron chi connectivity index (χ1n) is 10.2. The molecule has 0 aliphatic carbocycles. The third kappa shape index (κ3) is 3.02. The summed E-state index contributed by atoms with van der Waals surface area (Å²) < 4.78 is 13.1. The number of ether oxygens (including phenoxy) is 2. The number of nitrogens with two attached hydrogens (primary N) is 1. The van der Waals surface area contributed by atoms with Gasteiger partial charge in [-0.3, -0.25) is 9.48 Å². The van der Waals surface area contributed by atoms with Crippen molar-refractivity contribution >= 4 is 33.5 Å². The lowest BCUT2D eigenvalue weighted by Crippen LogP contribution is -2.32. The number of hydrogen-bond acceptors (Lipinski definition) is 6. The van der Waals surface area contributed by atoms with Crippen LogP contribution in [0.15, 0.2) is 42.6 Å². The summed E-state index contributed by atoms with van der Waals surface area (Å²) in [6.45, 7) is 2.94. The van der Waals surface area contributed by atoms with Gasteiger partial charge in [-0.05, 0) is 37.3 Å². The molecule has 8 nitrogen and oxygen atoms in total. The number of nitrogen functional groups attached to an aromatic ring is 1. The number of benzene rings is 2. The van der Waals surface area contributed by atoms with E-state index in [4.69, 9.17) is 15.2 Å². The van der Waals surface area contributed by atoms with Crippen LogP contribution in [-0.2, 0) is 7.05 Å². The van der Waals surface area contributed by atoms with Crippen molar-refractivity contribution in [2.24, 2.45) is 7.05 Å². The summed E-state index contributed by atoms with van der Waals surface area (Å²) in [7, 11) is 3.65. The van der Waals surface area contributed by atoms with E-state index >= 15 is 0 Å². The quantitative estimate of drug-likeness (QED) is 0.547.